The Bertz CT molecular complexity index is 496. The summed E-state index contributed by atoms with van der Waals surface area (Å²) in [6, 6.07) is 2.03. The molecule has 0 aliphatic rings. The van der Waals surface area contributed by atoms with Crippen molar-refractivity contribution in [2.45, 2.75) is 19.2 Å². The second kappa shape index (κ2) is 5.69. The van der Waals surface area contributed by atoms with Gasteiger partial charge in [0.05, 0.1) is 25.2 Å². The van der Waals surface area contributed by atoms with Crippen molar-refractivity contribution < 1.29 is 31.4 Å². The highest BCUT2D eigenvalue weighted by Gasteiger charge is 2.33. The highest BCUT2D eigenvalue weighted by Crippen LogP contribution is 2.35. The first-order chi connectivity index (χ1) is 8.78. The van der Waals surface area contributed by atoms with Gasteiger partial charge in [0.15, 0.2) is 5.75 Å². The van der Waals surface area contributed by atoms with Crippen LogP contribution in [0.15, 0.2) is 6.07 Å². The normalized spacial score (nSPS) is 11.3. The zero-order valence-electron chi connectivity index (χ0n) is 9.46. The number of methoxy groups -OCH3 is 1. The minimum absolute atomic E-state index is 0.430. The Kier molecular flexibility index (Phi) is 4.47. The highest BCUT2D eigenvalue weighted by atomic mass is 19.4. The number of nitriles is 1. The smallest absolute Gasteiger partial charge is 0.481 e. The molecule has 19 heavy (non-hydrogen) atoms. The van der Waals surface area contributed by atoms with E-state index in [1.165, 1.54) is 0 Å². The summed E-state index contributed by atoms with van der Waals surface area (Å²) in [5.74, 6) is -1.49. The Labute approximate surface area is 104 Å². The average Bonchev–Trinajstić information content (AvgIpc) is 2.28. The first-order valence-corrected chi connectivity index (χ1v) is 4.77. The molecule has 0 fully saturated rings. The summed E-state index contributed by atoms with van der Waals surface area (Å²) in [5.41, 5.74) is -1.27. The first-order valence-electron chi connectivity index (χ1n) is 4.77. The standard InChI is InChI=1S/C10H7F5N2O2/c1-18-9-5(8(11)12)4-7(19-10(13,14)15)6(17-9)2-3-16/h4,8H,2H2,1H3. The predicted octanol–water partition coefficient (Wildman–Crippen LogP) is 2.99. The van der Waals surface area contributed by atoms with Gasteiger partial charge in [0.2, 0.25) is 5.88 Å². The lowest BCUT2D eigenvalue weighted by molar-refractivity contribution is -0.275. The van der Waals surface area contributed by atoms with E-state index in [1.54, 1.807) is 6.07 Å². The van der Waals surface area contributed by atoms with Crippen LogP contribution in [0.1, 0.15) is 17.7 Å². The predicted molar refractivity (Wildman–Crippen MR) is 51.7 cm³/mol. The molecular formula is C10H7F5N2O2. The number of halogens is 5. The van der Waals surface area contributed by atoms with Crippen LogP contribution in [0.4, 0.5) is 22.0 Å². The third-order valence-corrected chi connectivity index (χ3v) is 1.96. The molecule has 0 aromatic carbocycles. The Morgan fingerprint density at radius 1 is 1.42 bits per heavy atom. The largest absolute Gasteiger partial charge is 0.573 e. The number of rotatable bonds is 4. The molecule has 0 aliphatic carbocycles. The number of pyridine rings is 1. The lowest BCUT2D eigenvalue weighted by Gasteiger charge is -2.14. The summed E-state index contributed by atoms with van der Waals surface area (Å²) in [7, 11) is 1.04. The van der Waals surface area contributed by atoms with Crippen molar-refractivity contribution in [2.75, 3.05) is 7.11 Å². The van der Waals surface area contributed by atoms with E-state index in [2.05, 4.69) is 14.5 Å². The number of hydrogen-bond donors (Lipinski definition) is 0. The lowest BCUT2D eigenvalue weighted by atomic mass is 10.2. The van der Waals surface area contributed by atoms with Gasteiger partial charge in [0.25, 0.3) is 6.43 Å². The quantitative estimate of drug-likeness (QED) is 0.797. The number of nitrogens with zero attached hydrogens (tertiary/aromatic N) is 2. The van der Waals surface area contributed by atoms with E-state index < -0.39 is 42.1 Å². The van der Waals surface area contributed by atoms with Gasteiger partial charge >= 0.3 is 6.36 Å². The van der Waals surface area contributed by atoms with E-state index in [1.807, 2.05) is 0 Å². The molecule has 1 aromatic heterocycles. The van der Waals surface area contributed by atoms with E-state index in [0.29, 0.717) is 6.07 Å². The van der Waals surface area contributed by atoms with E-state index in [9.17, 15) is 22.0 Å². The molecule has 9 heteroatoms. The van der Waals surface area contributed by atoms with Gasteiger partial charge in [-0.25, -0.2) is 13.8 Å². The lowest BCUT2D eigenvalue weighted by Crippen LogP contribution is -2.19. The maximum Gasteiger partial charge on any atom is 0.573 e. The van der Waals surface area contributed by atoms with Crippen molar-refractivity contribution in [3.05, 3.63) is 17.3 Å². The maximum atomic E-state index is 12.6. The molecule has 0 radical (unpaired) electrons. The van der Waals surface area contributed by atoms with Gasteiger partial charge in [-0.05, 0) is 6.07 Å². The van der Waals surface area contributed by atoms with Gasteiger partial charge < -0.3 is 9.47 Å². The molecule has 0 unspecified atom stereocenters. The molecule has 0 saturated carbocycles. The fourth-order valence-electron chi connectivity index (χ4n) is 1.26. The molecule has 4 nitrogen and oxygen atoms in total. The fraction of sp³-hybridized carbons (Fsp3) is 0.400. The fourth-order valence-corrected chi connectivity index (χ4v) is 1.26. The van der Waals surface area contributed by atoms with Gasteiger partial charge in [0, 0.05) is 0 Å². The molecule has 0 amide bonds. The minimum Gasteiger partial charge on any atom is -0.481 e. The van der Waals surface area contributed by atoms with Crippen molar-refractivity contribution in [3.8, 4) is 17.7 Å². The third kappa shape index (κ3) is 3.94. The Hall–Kier alpha value is -2.11. The Morgan fingerprint density at radius 2 is 2.05 bits per heavy atom. The van der Waals surface area contributed by atoms with Crippen LogP contribution in [0, 0.1) is 11.3 Å². The average molecular weight is 282 g/mol. The van der Waals surface area contributed by atoms with Crippen LogP contribution in [-0.2, 0) is 6.42 Å². The van der Waals surface area contributed by atoms with Crippen LogP contribution >= 0.6 is 0 Å². The van der Waals surface area contributed by atoms with Crippen LogP contribution in [-0.4, -0.2) is 18.5 Å². The van der Waals surface area contributed by atoms with Crippen LogP contribution in [0.25, 0.3) is 0 Å². The van der Waals surface area contributed by atoms with Gasteiger partial charge in [-0.2, -0.15) is 5.26 Å². The molecule has 0 spiro atoms. The van der Waals surface area contributed by atoms with Crippen LogP contribution in [0.2, 0.25) is 0 Å². The molecule has 0 aliphatic heterocycles. The van der Waals surface area contributed by atoms with Crippen LogP contribution in [0.3, 0.4) is 0 Å². The topological polar surface area (TPSA) is 55.1 Å². The molecule has 0 saturated heterocycles. The molecule has 104 valence electrons. The van der Waals surface area contributed by atoms with Crippen LogP contribution < -0.4 is 9.47 Å². The summed E-state index contributed by atoms with van der Waals surface area (Å²) < 4.78 is 69.7. The summed E-state index contributed by atoms with van der Waals surface area (Å²) in [6.07, 6.45) is -8.69. The first kappa shape index (κ1) is 14.9. The Balaban J connectivity index is 3.33. The second-order valence-corrected chi connectivity index (χ2v) is 3.22. The summed E-state index contributed by atoms with van der Waals surface area (Å²) in [6.45, 7) is 0. The third-order valence-electron chi connectivity index (χ3n) is 1.96. The van der Waals surface area contributed by atoms with Gasteiger partial charge in [-0.15, -0.1) is 13.2 Å². The van der Waals surface area contributed by atoms with E-state index in [4.69, 9.17) is 5.26 Å². The van der Waals surface area contributed by atoms with E-state index in [-0.39, 0.29) is 0 Å². The monoisotopic (exact) mass is 282 g/mol. The number of alkyl halides is 5. The highest BCUT2D eigenvalue weighted by molar-refractivity contribution is 5.40. The molecule has 1 aromatic rings. The van der Waals surface area contributed by atoms with Crippen molar-refractivity contribution in [1.82, 2.24) is 4.98 Å². The summed E-state index contributed by atoms with van der Waals surface area (Å²) >= 11 is 0. The van der Waals surface area contributed by atoms with Crippen LogP contribution in [0.5, 0.6) is 11.6 Å². The maximum absolute atomic E-state index is 12.6. The van der Waals surface area contributed by atoms with E-state index in [0.717, 1.165) is 7.11 Å². The van der Waals surface area contributed by atoms with Crippen molar-refractivity contribution in [2.24, 2.45) is 0 Å². The molecule has 0 bridgehead atoms. The molecule has 1 rings (SSSR count). The summed E-state index contributed by atoms with van der Waals surface area (Å²) in [5, 5.41) is 8.47. The second-order valence-electron chi connectivity index (χ2n) is 3.22. The van der Waals surface area contributed by atoms with Crippen molar-refractivity contribution >= 4 is 0 Å². The van der Waals surface area contributed by atoms with Crippen molar-refractivity contribution in [3.63, 3.8) is 0 Å². The molecular weight excluding hydrogens is 275 g/mol. The molecule has 0 N–H and O–H groups in total. The number of hydrogen-bond acceptors (Lipinski definition) is 4. The molecule has 0 atom stereocenters. The molecule has 1 heterocycles. The zero-order chi connectivity index (χ0) is 14.6. The zero-order valence-corrected chi connectivity index (χ0v) is 9.46. The Morgan fingerprint density at radius 3 is 2.47 bits per heavy atom. The van der Waals surface area contributed by atoms with E-state index >= 15 is 0 Å². The van der Waals surface area contributed by atoms with Crippen molar-refractivity contribution in [1.29, 1.82) is 5.26 Å². The SMILES string of the molecule is COc1nc(CC#N)c(OC(F)(F)F)cc1C(F)F. The summed E-state index contributed by atoms with van der Waals surface area (Å²) in [4.78, 5) is 3.44. The van der Waals surface area contributed by atoms with Gasteiger partial charge in [0.1, 0.15) is 5.69 Å². The van der Waals surface area contributed by atoms with Gasteiger partial charge in [-0.3, -0.25) is 0 Å². The number of ether oxygens (including phenoxy) is 2. The minimum atomic E-state index is -5.07. The van der Waals surface area contributed by atoms with Gasteiger partial charge in [-0.1, -0.05) is 0 Å². The number of aromatic nitrogens is 1.